The van der Waals surface area contributed by atoms with Crippen LogP contribution in [0.4, 0.5) is 5.69 Å². The van der Waals surface area contributed by atoms with Gasteiger partial charge in [-0.3, -0.25) is 9.59 Å². The summed E-state index contributed by atoms with van der Waals surface area (Å²) in [4.78, 5) is 24.3. The Kier molecular flexibility index (Phi) is 7.04. The van der Waals surface area contributed by atoms with Crippen molar-refractivity contribution in [3.05, 3.63) is 76.3 Å². The van der Waals surface area contributed by atoms with Crippen LogP contribution >= 0.6 is 23.2 Å². The van der Waals surface area contributed by atoms with E-state index < -0.39 is 0 Å². The van der Waals surface area contributed by atoms with Gasteiger partial charge in [-0.25, -0.2) is 0 Å². The van der Waals surface area contributed by atoms with Crippen molar-refractivity contribution in [3.8, 4) is 0 Å². The number of rotatable bonds is 7. The summed E-state index contributed by atoms with van der Waals surface area (Å²) >= 11 is 12.0. The molecule has 0 spiro atoms. The molecule has 0 radical (unpaired) electrons. The quantitative estimate of drug-likeness (QED) is 0.699. The van der Waals surface area contributed by atoms with Gasteiger partial charge in [0.05, 0.1) is 11.3 Å². The SMILES string of the molecule is C=CCNC(=O)c1ccccc1NC(=O)CCc1ccc(Cl)cc1Cl. The third kappa shape index (κ3) is 5.62. The summed E-state index contributed by atoms with van der Waals surface area (Å²) in [7, 11) is 0. The maximum atomic E-state index is 12.2. The average molecular weight is 377 g/mol. The highest BCUT2D eigenvalue weighted by atomic mass is 35.5. The number of amides is 2. The van der Waals surface area contributed by atoms with Crippen molar-refractivity contribution in [1.82, 2.24) is 5.32 Å². The van der Waals surface area contributed by atoms with Crippen molar-refractivity contribution < 1.29 is 9.59 Å². The van der Waals surface area contributed by atoms with Crippen LogP contribution in [0.5, 0.6) is 0 Å². The van der Waals surface area contributed by atoms with E-state index in [2.05, 4.69) is 17.2 Å². The first-order valence-corrected chi connectivity index (χ1v) is 8.48. The van der Waals surface area contributed by atoms with Gasteiger partial charge in [0.25, 0.3) is 5.91 Å². The molecule has 0 saturated carbocycles. The second-order valence-electron chi connectivity index (χ2n) is 5.33. The molecule has 0 fully saturated rings. The lowest BCUT2D eigenvalue weighted by molar-refractivity contribution is -0.116. The fourth-order valence-corrected chi connectivity index (χ4v) is 2.74. The summed E-state index contributed by atoms with van der Waals surface area (Å²) in [5.41, 5.74) is 1.72. The highest BCUT2D eigenvalue weighted by Gasteiger charge is 2.13. The van der Waals surface area contributed by atoms with Crippen LogP contribution in [0.2, 0.25) is 10.0 Å². The van der Waals surface area contributed by atoms with Crippen LogP contribution in [0.1, 0.15) is 22.3 Å². The fourth-order valence-electron chi connectivity index (χ4n) is 2.24. The van der Waals surface area contributed by atoms with E-state index in [9.17, 15) is 9.59 Å². The molecule has 25 heavy (non-hydrogen) atoms. The normalized spacial score (nSPS) is 10.2. The molecule has 0 aromatic heterocycles. The molecule has 2 N–H and O–H groups in total. The minimum Gasteiger partial charge on any atom is -0.349 e. The Bertz CT molecular complexity index is 791. The number of anilines is 1. The zero-order valence-corrected chi connectivity index (χ0v) is 15.0. The first kappa shape index (κ1) is 19.0. The minimum absolute atomic E-state index is 0.199. The molecule has 130 valence electrons. The predicted octanol–water partition coefficient (Wildman–Crippen LogP) is 4.48. The van der Waals surface area contributed by atoms with Crippen molar-refractivity contribution in [2.24, 2.45) is 0 Å². The Balaban J connectivity index is 2.00. The van der Waals surface area contributed by atoms with Gasteiger partial charge in [-0.05, 0) is 36.2 Å². The first-order valence-electron chi connectivity index (χ1n) is 7.73. The van der Waals surface area contributed by atoms with Crippen molar-refractivity contribution in [2.45, 2.75) is 12.8 Å². The molecule has 0 unspecified atom stereocenters. The summed E-state index contributed by atoms with van der Waals surface area (Å²) in [6.45, 7) is 3.92. The molecule has 0 aliphatic carbocycles. The second-order valence-corrected chi connectivity index (χ2v) is 6.17. The smallest absolute Gasteiger partial charge is 0.253 e. The molecule has 0 heterocycles. The van der Waals surface area contributed by atoms with Crippen LogP contribution in [0.3, 0.4) is 0 Å². The van der Waals surface area contributed by atoms with E-state index >= 15 is 0 Å². The Hall–Kier alpha value is -2.30. The van der Waals surface area contributed by atoms with Gasteiger partial charge in [0.15, 0.2) is 0 Å². The van der Waals surface area contributed by atoms with Gasteiger partial charge >= 0.3 is 0 Å². The van der Waals surface area contributed by atoms with Gasteiger partial charge in [0.1, 0.15) is 0 Å². The zero-order chi connectivity index (χ0) is 18.2. The van der Waals surface area contributed by atoms with Crippen LogP contribution in [-0.4, -0.2) is 18.4 Å². The predicted molar refractivity (Wildman–Crippen MR) is 102 cm³/mol. The van der Waals surface area contributed by atoms with Crippen LogP contribution in [-0.2, 0) is 11.2 Å². The third-order valence-electron chi connectivity index (χ3n) is 3.49. The van der Waals surface area contributed by atoms with Gasteiger partial charge in [-0.2, -0.15) is 0 Å². The van der Waals surface area contributed by atoms with Gasteiger partial charge in [-0.1, -0.05) is 47.5 Å². The maximum absolute atomic E-state index is 12.2. The lowest BCUT2D eigenvalue weighted by atomic mass is 10.1. The first-order chi connectivity index (χ1) is 12.0. The van der Waals surface area contributed by atoms with Gasteiger partial charge in [0, 0.05) is 23.0 Å². The van der Waals surface area contributed by atoms with Crippen LogP contribution in [0.15, 0.2) is 55.1 Å². The van der Waals surface area contributed by atoms with Crippen molar-refractivity contribution in [2.75, 3.05) is 11.9 Å². The number of aryl methyl sites for hydroxylation is 1. The average Bonchev–Trinajstić information content (AvgIpc) is 2.59. The van der Waals surface area contributed by atoms with Crippen molar-refractivity contribution >= 4 is 40.7 Å². The molecule has 0 atom stereocenters. The molecular weight excluding hydrogens is 359 g/mol. The Labute approximate surface area is 156 Å². The maximum Gasteiger partial charge on any atom is 0.253 e. The lowest BCUT2D eigenvalue weighted by Gasteiger charge is -2.11. The van der Waals surface area contributed by atoms with E-state index in [1.54, 1.807) is 48.5 Å². The minimum atomic E-state index is -0.267. The molecule has 6 heteroatoms. The second kappa shape index (κ2) is 9.25. The van der Waals surface area contributed by atoms with Crippen LogP contribution in [0.25, 0.3) is 0 Å². The molecular formula is C19H18Cl2N2O2. The molecule has 0 aliphatic rings. The van der Waals surface area contributed by atoms with E-state index in [1.807, 2.05) is 0 Å². The number of benzene rings is 2. The fraction of sp³-hybridized carbons (Fsp3) is 0.158. The molecule has 4 nitrogen and oxygen atoms in total. The summed E-state index contributed by atoms with van der Waals surface area (Å²) in [5.74, 6) is -0.466. The summed E-state index contributed by atoms with van der Waals surface area (Å²) < 4.78 is 0. The third-order valence-corrected chi connectivity index (χ3v) is 4.08. The van der Waals surface area contributed by atoms with E-state index in [1.165, 1.54) is 0 Å². The van der Waals surface area contributed by atoms with Gasteiger partial charge in [-0.15, -0.1) is 6.58 Å². The van der Waals surface area contributed by atoms with E-state index in [4.69, 9.17) is 23.2 Å². The highest BCUT2D eigenvalue weighted by Crippen LogP contribution is 2.22. The van der Waals surface area contributed by atoms with Crippen molar-refractivity contribution in [3.63, 3.8) is 0 Å². The molecule has 0 bridgehead atoms. The molecule has 2 aromatic rings. The number of carbonyl (C=O) groups is 2. The van der Waals surface area contributed by atoms with Crippen molar-refractivity contribution in [1.29, 1.82) is 0 Å². The Morgan fingerprint density at radius 3 is 2.60 bits per heavy atom. The zero-order valence-electron chi connectivity index (χ0n) is 13.5. The summed E-state index contributed by atoms with van der Waals surface area (Å²) in [6.07, 6.45) is 2.31. The van der Waals surface area contributed by atoms with E-state index in [-0.39, 0.29) is 18.2 Å². The van der Waals surface area contributed by atoms with E-state index in [0.29, 0.717) is 34.3 Å². The summed E-state index contributed by atoms with van der Waals surface area (Å²) in [5, 5.41) is 6.55. The molecule has 0 aliphatic heterocycles. The number of hydrogen-bond acceptors (Lipinski definition) is 2. The summed E-state index contributed by atoms with van der Waals surface area (Å²) in [6, 6.07) is 12.0. The molecule has 2 aromatic carbocycles. The Morgan fingerprint density at radius 1 is 1.12 bits per heavy atom. The Morgan fingerprint density at radius 2 is 1.88 bits per heavy atom. The van der Waals surface area contributed by atoms with Crippen LogP contribution in [0, 0.1) is 0 Å². The molecule has 2 rings (SSSR count). The van der Waals surface area contributed by atoms with Gasteiger partial charge < -0.3 is 10.6 Å². The van der Waals surface area contributed by atoms with Crippen LogP contribution < -0.4 is 10.6 Å². The number of nitrogens with one attached hydrogen (secondary N) is 2. The van der Waals surface area contributed by atoms with E-state index in [0.717, 1.165) is 5.56 Å². The van der Waals surface area contributed by atoms with Gasteiger partial charge in [0.2, 0.25) is 5.91 Å². The largest absolute Gasteiger partial charge is 0.349 e. The lowest BCUT2D eigenvalue weighted by Crippen LogP contribution is -2.25. The number of halogens is 2. The standard InChI is InChI=1S/C19H18Cl2N2O2/c1-2-11-22-19(25)15-5-3-4-6-17(15)23-18(24)10-8-13-7-9-14(20)12-16(13)21/h2-7,9,12H,1,8,10-11H2,(H,22,25)(H,23,24). The molecule has 0 saturated heterocycles. The number of para-hydroxylation sites is 1. The molecule has 2 amide bonds. The number of hydrogen-bond donors (Lipinski definition) is 2. The highest BCUT2D eigenvalue weighted by molar-refractivity contribution is 6.35. The number of carbonyl (C=O) groups excluding carboxylic acids is 2. The topological polar surface area (TPSA) is 58.2 Å². The monoisotopic (exact) mass is 376 g/mol.